The molecule has 0 radical (unpaired) electrons. The lowest BCUT2D eigenvalue weighted by Gasteiger charge is -2.08. The Morgan fingerprint density at radius 2 is 2.00 bits per heavy atom. The Morgan fingerprint density at radius 1 is 1.26 bits per heavy atom. The molecule has 0 saturated carbocycles. The molecule has 122 valence electrons. The minimum Gasteiger partial charge on any atom is -0.381 e. The number of halogens is 2. The van der Waals surface area contributed by atoms with Gasteiger partial charge in [0, 0.05) is 16.4 Å². The van der Waals surface area contributed by atoms with E-state index in [2.05, 4.69) is 14.3 Å². The number of nitrogens with two attached hydrogens (primary N) is 1. The molecular formula is C14H14Cl2N4OS2. The van der Waals surface area contributed by atoms with E-state index in [1.165, 1.54) is 18.0 Å². The quantitative estimate of drug-likeness (QED) is 0.841. The highest BCUT2D eigenvalue weighted by molar-refractivity contribution is 7.99. The van der Waals surface area contributed by atoms with Crippen LogP contribution < -0.4 is 5.73 Å². The third-order valence-corrected chi connectivity index (χ3v) is 7.47. The maximum absolute atomic E-state index is 12.6. The number of benzene rings is 1. The van der Waals surface area contributed by atoms with Crippen molar-refractivity contribution in [2.45, 2.75) is 22.8 Å². The van der Waals surface area contributed by atoms with E-state index in [-0.39, 0.29) is 11.0 Å². The van der Waals surface area contributed by atoms with E-state index >= 15 is 0 Å². The van der Waals surface area contributed by atoms with Crippen molar-refractivity contribution in [1.82, 2.24) is 9.97 Å². The molecule has 1 aliphatic rings. The monoisotopic (exact) mass is 388 g/mol. The van der Waals surface area contributed by atoms with Gasteiger partial charge in [0.1, 0.15) is 10.2 Å². The molecule has 1 fully saturated rings. The zero-order valence-electron chi connectivity index (χ0n) is 12.0. The largest absolute Gasteiger partial charge is 0.381 e. The molecule has 1 aromatic heterocycles. The molecule has 0 unspecified atom stereocenters. The van der Waals surface area contributed by atoms with Crippen molar-refractivity contribution in [2.24, 2.45) is 4.36 Å². The maximum atomic E-state index is 12.6. The SMILES string of the molecule is Nc1nc(Cl)cnc1Sc1cccc(N=S2(=O)CCCC2)c1Cl. The second kappa shape index (κ2) is 6.84. The lowest BCUT2D eigenvalue weighted by atomic mass is 10.3. The highest BCUT2D eigenvalue weighted by atomic mass is 35.5. The van der Waals surface area contributed by atoms with Gasteiger partial charge in [0.15, 0.2) is 5.82 Å². The van der Waals surface area contributed by atoms with Crippen LogP contribution in [0.4, 0.5) is 11.5 Å². The van der Waals surface area contributed by atoms with Gasteiger partial charge in [-0.1, -0.05) is 41.0 Å². The van der Waals surface area contributed by atoms with Crippen molar-refractivity contribution >= 4 is 56.2 Å². The second-order valence-electron chi connectivity index (χ2n) is 5.05. The number of hydrogen-bond donors (Lipinski definition) is 1. The average Bonchev–Trinajstić information content (AvgIpc) is 2.92. The predicted molar refractivity (Wildman–Crippen MR) is 96.2 cm³/mol. The predicted octanol–water partition coefficient (Wildman–Crippen LogP) is 4.41. The normalized spacial score (nSPS) is 16.4. The number of nitrogens with zero attached hydrogens (tertiary/aromatic N) is 3. The van der Waals surface area contributed by atoms with Crippen molar-refractivity contribution in [2.75, 3.05) is 17.2 Å². The zero-order chi connectivity index (χ0) is 16.4. The molecule has 1 aromatic carbocycles. The van der Waals surface area contributed by atoms with Crippen LogP contribution in [0.2, 0.25) is 10.2 Å². The molecule has 2 N–H and O–H groups in total. The van der Waals surface area contributed by atoms with Crippen LogP contribution in [0.3, 0.4) is 0 Å². The first-order valence-corrected chi connectivity index (χ1v) is 10.4. The molecule has 2 heterocycles. The summed E-state index contributed by atoms with van der Waals surface area (Å²) in [5.41, 5.74) is 6.36. The standard InChI is InChI=1S/C14H14Cl2N4OS2/c15-11-8-18-14(13(17)19-11)22-10-5-3-4-9(12(10)16)20-23(21)6-1-2-7-23/h3-5,8H,1-2,6-7H2,(H2,17,19). The summed E-state index contributed by atoms with van der Waals surface area (Å²) < 4.78 is 17.0. The van der Waals surface area contributed by atoms with E-state index in [1.54, 1.807) is 6.07 Å². The number of rotatable bonds is 3. The molecule has 0 atom stereocenters. The van der Waals surface area contributed by atoms with E-state index < -0.39 is 9.73 Å². The Morgan fingerprint density at radius 3 is 2.70 bits per heavy atom. The maximum Gasteiger partial charge on any atom is 0.158 e. The van der Waals surface area contributed by atoms with Gasteiger partial charge in [-0.2, -0.15) is 4.36 Å². The smallest absolute Gasteiger partial charge is 0.158 e. The molecule has 0 spiro atoms. The van der Waals surface area contributed by atoms with E-state index in [4.69, 9.17) is 28.9 Å². The number of aromatic nitrogens is 2. The van der Waals surface area contributed by atoms with E-state index in [9.17, 15) is 4.21 Å². The van der Waals surface area contributed by atoms with Crippen LogP contribution in [0.5, 0.6) is 0 Å². The number of hydrogen-bond acceptors (Lipinski definition) is 6. The number of anilines is 1. The molecule has 0 amide bonds. The third-order valence-electron chi connectivity index (χ3n) is 3.33. The molecule has 0 aliphatic carbocycles. The summed E-state index contributed by atoms with van der Waals surface area (Å²) in [6, 6.07) is 5.43. The first kappa shape index (κ1) is 16.8. The molecule has 2 aromatic rings. The van der Waals surface area contributed by atoms with Crippen LogP contribution in [0, 0.1) is 0 Å². The van der Waals surface area contributed by atoms with Crippen LogP contribution in [0.15, 0.2) is 38.7 Å². The van der Waals surface area contributed by atoms with Crippen LogP contribution in [-0.4, -0.2) is 25.7 Å². The van der Waals surface area contributed by atoms with Crippen molar-refractivity contribution < 1.29 is 4.21 Å². The molecule has 1 aliphatic heterocycles. The van der Waals surface area contributed by atoms with Crippen LogP contribution in [-0.2, 0) is 9.73 Å². The Balaban J connectivity index is 1.95. The Hall–Kier alpha value is -1.02. The van der Waals surface area contributed by atoms with Gasteiger partial charge in [0.05, 0.1) is 26.6 Å². The van der Waals surface area contributed by atoms with Crippen LogP contribution in [0.25, 0.3) is 0 Å². The molecule has 23 heavy (non-hydrogen) atoms. The summed E-state index contributed by atoms with van der Waals surface area (Å²) in [5.74, 6) is 1.51. The van der Waals surface area contributed by atoms with E-state index in [0.29, 0.717) is 27.2 Å². The van der Waals surface area contributed by atoms with Gasteiger partial charge >= 0.3 is 0 Å². The zero-order valence-corrected chi connectivity index (χ0v) is 15.2. The fraction of sp³-hybridized carbons (Fsp3) is 0.286. The first-order chi connectivity index (χ1) is 11.0. The summed E-state index contributed by atoms with van der Waals surface area (Å²) >= 11 is 13.5. The summed E-state index contributed by atoms with van der Waals surface area (Å²) in [6.07, 6.45) is 3.33. The van der Waals surface area contributed by atoms with Gasteiger partial charge in [-0.05, 0) is 25.0 Å². The summed E-state index contributed by atoms with van der Waals surface area (Å²) in [7, 11) is -2.17. The highest BCUT2D eigenvalue weighted by Crippen LogP contribution is 2.40. The first-order valence-electron chi connectivity index (χ1n) is 6.94. The Bertz CT molecular complexity index is 854. The molecule has 3 rings (SSSR count). The van der Waals surface area contributed by atoms with E-state index in [0.717, 1.165) is 17.7 Å². The van der Waals surface area contributed by atoms with Crippen LogP contribution >= 0.6 is 35.0 Å². The summed E-state index contributed by atoms with van der Waals surface area (Å²) in [6.45, 7) is 0. The van der Waals surface area contributed by atoms with Crippen LogP contribution in [0.1, 0.15) is 12.8 Å². The Labute approximate surface area is 149 Å². The van der Waals surface area contributed by atoms with Gasteiger partial charge in [-0.25, -0.2) is 14.2 Å². The van der Waals surface area contributed by atoms with Gasteiger partial charge in [-0.3, -0.25) is 0 Å². The number of nitrogen functional groups attached to an aromatic ring is 1. The Kier molecular flexibility index (Phi) is 5.01. The molecule has 9 heteroatoms. The van der Waals surface area contributed by atoms with Crippen molar-refractivity contribution in [3.8, 4) is 0 Å². The van der Waals surface area contributed by atoms with Crippen molar-refractivity contribution in [3.63, 3.8) is 0 Å². The van der Waals surface area contributed by atoms with Gasteiger partial charge in [-0.15, -0.1) is 0 Å². The van der Waals surface area contributed by atoms with Gasteiger partial charge in [0.2, 0.25) is 0 Å². The molecule has 1 saturated heterocycles. The molecule has 5 nitrogen and oxygen atoms in total. The fourth-order valence-electron chi connectivity index (χ4n) is 2.23. The summed E-state index contributed by atoms with van der Waals surface area (Å²) in [5, 5.41) is 1.20. The lowest BCUT2D eigenvalue weighted by molar-refractivity contribution is 0.681. The average molecular weight is 389 g/mol. The van der Waals surface area contributed by atoms with Crippen molar-refractivity contribution in [3.05, 3.63) is 34.6 Å². The highest BCUT2D eigenvalue weighted by Gasteiger charge is 2.18. The minimum atomic E-state index is -2.17. The molecular weight excluding hydrogens is 375 g/mol. The topological polar surface area (TPSA) is 81.2 Å². The minimum absolute atomic E-state index is 0.236. The fourth-order valence-corrected chi connectivity index (χ4v) is 5.72. The molecule has 0 bridgehead atoms. The second-order valence-corrected chi connectivity index (χ2v) is 9.39. The van der Waals surface area contributed by atoms with Gasteiger partial charge in [0.25, 0.3) is 0 Å². The van der Waals surface area contributed by atoms with Gasteiger partial charge < -0.3 is 5.73 Å². The summed E-state index contributed by atoms with van der Waals surface area (Å²) in [4.78, 5) is 8.86. The lowest BCUT2D eigenvalue weighted by Crippen LogP contribution is -1.99. The van der Waals surface area contributed by atoms with Crippen molar-refractivity contribution in [1.29, 1.82) is 0 Å². The van der Waals surface area contributed by atoms with E-state index in [1.807, 2.05) is 12.1 Å². The third kappa shape index (κ3) is 3.91.